The molecular formula is C16H12ClN3O2S. The van der Waals surface area contributed by atoms with Gasteiger partial charge >= 0.3 is 0 Å². The molecule has 0 unspecified atom stereocenters. The van der Waals surface area contributed by atoms with Crippen molar-refractivity contribution >= 4 is 46.4 Å². The van der Waals surface area contributed by atoms with E-state index < -0.39 is 0 Å². The molecule has 0 bridgehead atoms. The van der Waals surface area contributed by atoms with Crippen LogP contribution in [0.5, 0.6) is 0 Å². The average molecular weight is 346 g/mol. The molecule has 2 aromatic rings. The van der Waals surface area contributed by atoms with Crippen LogP contribution in [0.4, 0.5) is 10.6 Å². The zero-order valence-corrected chi connectivity index (χ0v) is 13.5. The van der Waals surface area contributed by atoms with Crippen molar-refractivity contribution < 1.29 is 9.59 Å². The minimum atomic E-state index is -0.321. The highest BCUT2D eigenvalue weighted by atomic mass is 35.5. The quantitative estimate of drug-likeness (QED) is 0.853. The third-order valence-electron chi connectivity index (χ3n) is 3.12. The van der Waals surface area contributed by atoms with Crippen LogP contribution in [0, 0.1) is 0 Å². The number of hydrogen-bond acceptors (Lipinski definition) is 5. The Labute approximate surface area is 142 Å². The summed E-state index contributed by atoms with van der Waals surface area (Å²) < 4.78 is 0. The van der Waals surface area contributed by atoms with Gasteiger partial charge in [0.1, 0.15) is 12.5 Å². The second kappa shape index (κ2) is 6.85. The summed E-state index contributed by atoms with van der Waals surface area (Å²) in [4.78, 5) is 30.0. The summed E-state index contributed by atoms with van der Waals surface area (Å²) in [6.07, 6.45) is 3.32. The van der Waals surface area contributed by atoms with Gasteiger partial charge in [0, 0.05) is 11.2 Å². The van der Waals surface area contributed by atoms with Gasteiger partial charge in [-0.05, 0) is 47.7 Å². The molecule has 7 heteroatoms. The summed E-state index contributed by atoms with van der Waals surface area (Å²) in [6, 6.07) is 12.4. The first-order chi connectivity index (χ1) is 11.1. The maximum Gasteiger partial charge on any atom is 0.295 e. The fraction of sp³-hybridized carbons (Fsp3) is 0.0625. The molecule has 0 radical (unpaired) electrons. The number of anilines is 1. The Balaban J connectivity index is 1.71. The van der Waals surface area contributed by atoms with Crippen LogP contribution in [-0.4, -0.2) is 27.7 Å². The summed E-state index contributed by atoms with van der Waals surface area (Å²) in [5.74, 6) is 0.284. The standard InChI is InChI=1S/C16H12ClN3O2S/c17-12-6-4-11(5-7-12)9-13-15(21)20(16(22)23-13)10-19-14-3-1-2-8-18-14/h1-9H,10H2,(H,18,19)/b13-9-. The summed E-state index contributed by atoms with van der Waals surface area (Å²) >= 11 is 6.75. The van der Waals surface area contributed by atoms with Crippen LogP contribution in [0.3, 0.4) is 0 Å². The van der Waals surface area contributed by atoms with E-state index in [0.29, 0.717) is 15.7 Å². The number of hydrogen-bond donors (Lipinski definition) is 1. The van der Waals surface area contributed by atoms with Crippen LogP contribution >= 0.6 is 23.4 Å². The van der Waals surface area contributed by atoms with E-state index in [-0.39, 0.29) is 17.8 Å². The zero-order chi connectivity index (χ0) is 16.2. The van der Waals surface area contributed by atoms with Gasteiger partial charge in [-0.2, -0.15) is 0 Å². The van der Waals surface area contributed by atoms with Gasteiger partial charge in [0.25, 0.3) is 11.1 Å². The fourth-order valence-corrected chi connectivity index (χ4v) is 2.94. The van der Waals surface area contributed by atoms with Gasteiger partial charge in [-0.15, -0.1) is 0 Å². The highest BCUT2D eigenvalue weighted by Gasteiger charge is 2.34. The van der Waals surface area contributed by atoms with E-state index in [1.807, 2.05) is 6.07 Å². The first-order valence-electron chi connectivity index (χ1n) is 6.79. The molecule has 2 amide bonds. The van der Waals surface area contributed by atoms with Crippen molar-refractivity contribution in [2.24, 2.45) is 0 Å². The van der Waals surface area contributed by atoms with Gasteiger partial charge in [-0.25, -0.2) is 4.98 Å². The van der Waals surface area contributed by atoms with E-state index in [4.69, 9.17) is 11.6 Å². The lowest BCUT2D eigenvalue weighted by Crippen LogP contribution is -2.33. The molecule has 1 aromatic carbocycles. The number of amides is 2. The molecule has 2 heterocycles. The highest BCUT2D eigenvalue weighted by Crippen LogP contribution is 2.32. The molecule has 0 atom stereocenters. The summed E-state index contributed by atoms with van der Waals surface area (Å²) in [5.41, 5.74) is 0.817. The Morgan fingerprint density at radius 1 is 1.17 bits per heavy atom. The van der Waals surface area contributed by atoms with E-state index in [2.05, 4.69) is 10.3 Å². The topological polar surface area (TPSA) is 62.3 Å². The molecule has 0 saturated carbocycles. The first kappa shape index (κ1) is 15.6. The van der Waals surface area contributed by atoms with Crippen LogP contribution in [0.25, 0.3) is 6.08 Å². The Hall–Kier alpha value is -2.31. The second-order valence-corrected chi connectivity index (χ2v) is 6.14. The normalized spacial score (nSPS) is 16.2. The summed E-state index contributed by atoms with van der Waals surface area (Å²) in [7, 11) is 0. The molecule has 1 aromatic heterocycles. The SMILES string of the molecule is O=C1S/C(=C\c2ccc(Cl)cc2)C(=O)N1CNc1ccccn1. The molecule has 0 aliphatic carbocycles. The Kier molecular flexibility index (Phi) is 4.64. The molecule has 1 N–H and O–H groups in total. The van der Waals surface area contributed by atoms with Crippen molar-refractivity contribution in [3.05, 3.63) is 64.2 Å². The predicted octanol–water partition coefficient (Wildman–Crippen LogP) is 3.84. The van der Waals surface area contributed by atoms with E-state index in [1.165, 1.54) is 0 Å². The molecule has 23 heavy (non-hydrogen) atoms. The number of pyridine rings is 1. The van der Waals surface area contributed by atoms with E-state index in [1.54, 1.807) is 48.7 Å². The van der Waals surface area contributed by atoms with Gasteiger partial charge in [0.15, 0.2) is 0 Å². The van der Waals surface area contributed by atoms with E-state index >= 15 is 0 Å². The average Bonchev–Trinajstić information content (AvgIpc) is 2.82. The lowest BCUT2D eigenvalue weighted by Gasteiger charge is -2.13. The fourth-order valence-electron chi connectivity index (χ4n) is 1.97. The third kappa shape index (κ3) is 3.72. The van der Waals surface area contributed by atoms with Crippen LogP contribution in [0.1, 0.15) is 5.56 Å². The Bertz CT molecular complexity index is 763. The van der Waals surface area contributed by atoms with Gasteiger partial charge in [0.05, 0.1) is 4.91 Å². The number of thioether (sulfide) groups is 1. The molecule has 0 spiro atoms. The van der Waals surface area contributed by atoms with Crippen LogP contribution < -0.4 is 5.32 Å². The van der Waals surface area contributed by atoms with Crippen molar-refractivity contribution in [2.75, 3.05) is 12.0 Å². The molecule has 3 rings (SSSR count). The molecule has 1 saturated heterocycles. The number of nitrogens with zero attached hydrogens (tertiary/aromatic N) is 2. The van der Waals surface area contributed by atoms with Crippen LogP contribution in [-0.2, 0) is 4.79 Å². The third-order valence-corrected chi connectivity index (χ3v) is 4.28. The van der Waals surface area contributed by atoms with Crippen molar-refractivity contribution in [3.63, 3.8) is 0 Å². The van der Waals surface area contributed by atoms with Crippen molar-refractivity contribution in [1.29, 1.82) is 0 Å². The van der Waals surface area contributed by atoms with E-state index in [9.17, 15) is 9.59 Å². The minimum Gasteiger partial charge on any atom is -0.352 e. The number of halogens is 1. The van der Waals surface area contributed by atoms with Crippen LogP contribution in [0.15, 0.2) is 53.6 Å². The number of carbonyl (C=O) groups is 2. The Morgan fingerprint density at radius 2 is 1.96 bits per heavy atom. The van der Waals surface area contributed by atoms with Crippen molar-refractivity contribution in [3.8, 4) is 0 Å². The number of rotatable bonds is 4. The summed E-state index contributed by atoms with van der Waals surface area (Å²) in [6.45, 7) is 0.0830. The first-order valence-corrected chi connectivity index (χ1v) is 7.99. The molecule has 5 nitrogen and oxygen atoms in total. The van der Waals surface area contributed by atoms with Crippen molar-refractivity contribution in [1.82, 2.24) is 9.88 Å². The molecule has 1 aliphatic heterocycles. The van der Waals surface area contributed by atoms with Crippen molar-refractivity contribution in [2.45, 2.75) is 0 Å². The molecule has 116 valence electrons. The number of aromatic nitrogens is 1. The molecule has 1 fully saturated rings. The smallest absolute Gasteiger partial charge is 0.295 e. The predicted molar refractivity (Wildman–Crippen MR) is 92.0 cm³/mol. The number of carbonyl (C=O) groups excluding carboxylic acids is 2. The number of imide groups is 1. The number of benzene rings is 1. The van der Waals surface area contributed by atoms with Gasteiger partial charge < -0.3 is 5.32 Å². The lowest BCUT2D eigenvalue weighted by molar-refractivity contribution is -0.122. The van der Waals surface area contributed by atoms with Gasteiger partial charge in [-0.3, -0.25) is 14.5 Å². The maximum atomic E-state index is 12.3. The monoisotopic (exact) mass is 345 g/mol. The molecular weight excluding hydrogens is 334 g/mol. The summed E-state index contributed by atoms with van der Waals surface area (Å²) in [5, 5.41) is 3.27. The number of nitrogens with one attached hydrogen (secondary N) is 1. The zero-order valence-electron chi connectivity index (χ0n) is 11.9. The minimum absolute atomic E-state index is 0.0830. The Morgan fingerprint density at radius 3 is 2.65 bits per heavy atom. The van der Waals surface area contributed by atoms with Gasteiger partial charge in [-0.1, -0.05) is 29.8 Å². The van der Waals surface area contributed by atoms with E-state index in [0.717, 1.165) is 22.2 Å². The van der Waals surface area contributed by atoms with Gasteiger partial charge in [0.2, 0.25) is 0 Å². The lowest BCUT2D eigenvalue weighted by atomic mass is 10.2. The molecule has 1 aliphatic rings. The highest BCUT2D eigenvalue weighted by molar-refractivity contribution is 8.18. The van der Waals surface area contributed by atoms with Crippen LogP contribution in [0.2, 0.25) is 5.02 Å². The second-order valence-electron chi connectivity index (χ2n) is 4.71. The largest absolute Gasteiger partial charge is 0.352 e. The maximum absolute atomic E-state index is 12.3.